The minimum atomic E-state index is 0.746. The first-order valence-electron chi connectivity index (χ1n) is 8.10. The molecule has 0 aliphatic carbocycles. The molecule has 2 aliphatic rings. The summed E-state index contributed by atoms with van der Waals surface area (Å²) in [5.74, 6) is 2.28. The van der Waals surface area contributed by atoms with Crippen molar-refractivity contribution in [2.24, 2.45) is 4.99 Å². The van der Waals surface area contributed by atoms with Crippen molar-refractivity contribution >= 4 is 17.7 Å². The van der Waals surface area contributed by atoms with Gasteiger partial charge in [-0.15, -0.1) is 0 Å². The van der Waals surface area contributed by atoms with Crippen molar-refractivity contribution in [1.29, 1.82) is 0 Å². The van der Waals surface area contributed by atoms with E-state index in [0.29, 0.717) is 0 Å². The van der Waals surface area contributed by atoms with Crippen LogP contribution in [0.4, 0.5) is 0 Å². The second-order valence-corrected chi connectivity index (χ2v) is 7.30. The lowest BCUT2D eigenvalue weighted by atomic mass is 10.0. The number of nitrogens with zero attached hydrogens (tertiary/aromatic N) is 2. The maximum absolute atomic E-state index is 4.32. The fourth-order valence-electron chi connectivity index (χ4n) is 3.04. The molecule has 0 spiro atoms. The molecule has 0 aromatic heterocycles. The van der Waals surface area contributed by atoms with Crippen molar-refractivity contribution < 1.29 is 0 Å². The Labute approximate surface area is 128 Å². The molecule has 0 aromatic carbocycles. The highest BCUT2D eigenvalue weighted by molar-refractivity contribution is 8.00. The quantitative estimate of drug-likeness (QED) is 0.601. The Balaban J connectivity index is 1.60. The number of guanidine groups is 1. The van der Waals surface area contributed by atoms with Crippen LogP contribution >= 0.6 is 11.8 Å². The summed E-state index contributed by atoms with van der Waals surface area (Å²) >= 11 is 2.09. The average Bonchev–Trinajstić information content (AvgIpc) is 2.98. The fourth-order valence-corrected chi connectivity index (χ4v) is 4.25. The van der Waals surface area contributed by atoms with E-state index in [1.54, 1.807) is 0 Å². The van der Waals surface area contributed by atoms with E-state index in [0.717, 1.165) is 36.9 Å². The summed E-state index contributed by atoms with van der Waals surface area (Å²) in [7, 11) is 1.86. The van der Waals surface area contributed by atoms with E-state index in [9.17, 15) is 0 Å². The van der Waals surface area contributed by atoms with Gasteiger partial charge in [-0.1, -0.05) is 6.42 Å². The van der Waals surface area contributed by atoms with Crippen LogP contribution in [0.2, 0.25) is 0 Å². The molecule has 2 unspecified atom stereocenters. The highest BCUT2D eigenvalue weighted by Crippen LogP contribution is 2.25. The van der Waals surface area contributed by atoms with Crippen LogP contribution in [0.3, 0.4) is 0 Å². The van der Waals surface area contributed by atoms with Crippen molar-refractivity contribution in [3.8, 4) is 0 Å². The van der Waals surface area contributed by atoms with Crippen molar-refractivity contribution in [2.75, 3.05) is 39.0 Å². The van der Waals surface area contributed by atoms with Crippen LogP contribution in [0, 0.1) is 0 Å². The van der Waals surface area contributed by atoms with Crippen molar-refractivity contribution in [1.82, 2.24) is 15.5 Å². The predicted octanol–water partition coefficient (Wildman–Crippen LogP) is 1.92. The first-order chi connectivity index (χ1) is 9.79. The third-order valence-corrected chi connectivity index (χ3v) is 5.77. The van der Waals surface area contributed by atoms with E-state index < -0.39 is 0 Å². The predicted molar refractivity (Wildman–Crippen MR) is 89.7 cm³/mol. The second-order valence-electron chi connectivity index (χ2n) is 5.90. The van der Waals surface area contributed by atoms with Gasteiger partial charge in [0, 0.05) is 38.0 Å². The van der Waals surface area contributed by atoms with Crippen LogP contribution in [0.15, 0.2) is 4.99 Å². The third-order valence-electron chi connectivity index (χ3n) is 4.38. The molecule has 2 aliphatic heterocycles. The Morgan fingerprint density at radius 2 is 2.15 bits per heavy atom. The Morgan fingerprint density at radius 1 is 1.25 bits per heavy atom. The molecule has 116 valence electrons. The van der Waals surface area contributed by atoms with Gasteiger partial charge >= 0.3 is 0 Å². The molecule has 4 nitrogen and oxygen atoms in total. The van der Waals surface area contributed by atoms with Gasteiger partial charge in [0.25, 0.3) is 0 Å². The maximum atomic E-state index is 4.32. The lowest BCUT2D eigenvalue weighted by Crippen LogP contribution is -2.46. The molecule has 0 radical (unpaired) electrons. The second kappa shape index (κ2) is 8.78. The van der Waals surface area contributed by atoms with Crippen molar-refractivity contribution in [3.63, 3.8) is 0 Å². The Bertz CT molecular complexity index is 302. The number of piperidine rings is 1. The van der Waals surface area contributed by atoms with Gasteiger partial charge in [0.05, 0.1) is 0 Å². The number of hydrogen-bond donors (Lipinski definition) is 2. The van der Waals surface area contributed by atoms with Gasteiger partial charge in [-0.05, 0) is 44.9 Å². The summed E-state index contributed by atoms with van der Waals surface area (Å²) in [6.45, 7) is 6.77. The summed E-state index contributed by atoms with van der Waals surface area (Å²) in [5, 5.41) is 7.68. The molecule has 0 saturated carbocycles. The number of nitrogens with one attached hydrogen (secondary N) is 2. The molecular formula is C15H30N4S. The Hall–Kier alpha value is -0.420. The van der Waals surface area contributed by atoms with Crippen LogP contribution in [0.25, 0.3) is 0 Å². The zero-order valence-corrected chi connectivity index (χ0v) is 13.8. The number of hydrogen-bond acceptors (Lipinski definition) is 3. The minimum absolute atomic E-state index is 0.746. The molecule has 2 rings (SSSR count). The number of rotatable bonds is 5. The highest BCUT2D eigenvalue weighted by atomic mass is 32.2. The molecule has 5 heteroatoms. The van der Waals surface area contributed by atoms with Crippen LogP contribution in [0.5, 0.6) is 0 Å². The van der Waals surface area contributed by atoms with Gasteiger partial charge in [-0.2, -0.15) is 11.8 Å². The summed E-state index contributed by atoms with van der Waals surface area (Å²) < 4.78 is 0. The molecule has 2 N–H and O–H groups in total. The smallest absolute Gasteiger partial charge is 0.191 e. The van der Waals surface area contributed by atoms with Gasteiger partial charge in [-0.3, -0.25) is 9.89 Å². The zero-order chi connectivity index (χ0) is 14.2. The van der Waals surface area contributed by atoms with E-state index in [-0.39, 0.29) is 0 Å². The molecule has 20 heavy (non-hydrogen) atoms. The van der Waals surface area contributed by atoms with Gasteiger partial charge < -0.3 is 10.6 Å². The lowest BCUT2D eigenvalue weighted by Gasteiger charge is -2.33. The fraction of sp³-hybridized carbons (Fsp3) is 0.933. The van der Waals surface area contributed by atoms with Crippen LogP contribution in [0.1, 0.15) is 39.0 Å². The summed E-state index contributed by atoms with van der Waals surface area (Å²) in [5.41, 5.74) is 0. The molecular weight excluding hydrogens is 268 g/mol. The number of thioether (sulfide) groups is 1. The summed E-state index contributed by atoms with van der Waals surface area (Å²) in [6, 6.07) is 0.746. The largest absolute Gasteiger partial charge is 0.355 e. The highest BCUT2D eigenvalue weighted by Gasteiger charge is 2.18. The standard InChI is InChI=1S/C15H30N4S/c1-13-6-3-4-9-19(13)10-8-17-15(16-2)18-12-14-7-5-11-20-14/h13-14H,3-12H2,1-2H3,(H2,16,17,18). The molecule has 2 heterocycles. The Kier molecular flexibility index (Phi) is 7.00. The van der Waals surface area contributed by atoms with Crippen LogP contribution in [-0.4, -0.2) is 61.1 Å². The van der Waals surface area contributed by atoms with Gasteiger partial charge in [0.15, 0.2) is 5.96 Å². The van der Waals surface area contributed by atoms with E-state index >= 15 is 0 Å². The normalized spacial score (nSPS) is 28.6. The topological polar surface area (TPSA) is 39.7 Å². The van der Waals surface area contributed by atoms with Gasteiger partial charge in [0.1, 0.15) is 0 Å². The number of aliphatic imine (C=N–C) groups is 1. The minimum Gasteiger partial charge on any atom is -0.355 e. The van der Waals surface area contributed by atoms with Crippen molar-refractivity contribution in [2.45, 2.75) is 50.3 Å². The molecule has 2 fully saturated rings. The summed E-state index contributed by atoms with van der Waals surface area (Å²) in [6.07, 6.45) is 6.82. The number of likely N-dealkylation sites (tertiary alicyclic amines) is 1. The molecule has 0 amide bonds. The first-order valence-corrected chi connectivity index (χ1v) is 9.14. The monoisotopic (exact) mass is 298 g/mol. The zero-order valence-electron chi connectivity index (χ0n) is 13.0. The molecule has 2 atom stereocenters. The SMILES string of the molecule is CN=C(NCCN1CCCCC1C)NCC1CCCS1. The molecule has 0 bridgehead atoms. The average molecular weight is 298 g/mol. The molecule has 2 saturated heterocycles. The first kappa shape index (κ1) is 16.0. The summed E-state index contributed by atoms with van der Waals surface area (Å²) in [4.78, 5) is 6.91. The lowest BCUT2D eigenvalue weighted by molar-refractivity contribution is 0.163. The van der Waals surface area contributed by atoms with Crippen molar-refractivity contribution in [3.05, 3.63) is 0 Å². The van der Waals surface area contributed by atoms with E-state index in [4.69, 9.17) is 0 Å². The van der Waals surface area contributed by atoms with E-state index in [2.05, 4.69) is 39.2 Å². The van der Waals surface area contributed by atoms with Gasteiger partial charge in [0.2, 0.25) is 0 Å². The third kappa shape index (κ3) is 5.17. The maximum Gasteiger partial charge on any atom is 0.191 e. The molecule has 0 aromatic rings. The Morgan fingerprint density at radius 3 is 2.85 bits per heavy atom. The van der Waals surface area contributed by atoms with Crippen LogP contribution in [-0.2, 0) is 0 Å². The van der Waals surface area contributed by atoms with Crippen LogP contribution < -0.4 is 10.6 Å². The van der Waals surface area contributed by atoms with E-state index in [1.165, 1.54) is 44.4 Å². The van der Waals surface area contributed by atoms with E-state index in [1.807, 2.05) is 7.05 Å². The van der Waals surface area contributed by atoms with Gasteiger partial charge in [-0.25, -0.2) is 0 Å².